The Morgan fingerprint density at radius 1 is 1.27 bits per heavy atom. The summed E-state index contributed by atoms with van der Waals surface area (Å²) in [6, 6.07) is 10.6. The lowest BCUT2D eigenvalue weighted by molar-refractivity contribution is -0.0668. The number of aromatic amines is 1. The van der Waals surface area contributed by atoms with Gasteiger partial charge in [0.15, 0.2) is 5.96 Å². The molecule has 0 amide bonds. The molecule has 0 aliphatic carbocycles. The molecule has 0 unspecified atom stereocenters. The van der Waals surface area contributed by atoms with Gasteiger partial charge in [-0.25, -0.2) is 0 Å². The summed E-state index contributed by atoms with van der Waals surface area (Å²) >= 11 is 0. The number of nitrogens with zero attached hydrogens (tertiary/aromatic N) is 2. The molecule has 1 saturated heterocycles. The van der Waals surface area contributed by atoms with Gasteiger partial charge in [0.05, 0.1) is 6.54 Å². The van der Waals surface area contributed by atoms with Gasteiger partial charge in [0.2, 0.25) is 0 Å². The first kappa shape index (κ1) is 14.9. The monoisotopic (exact) mass is 298 g/mol. The van der Waals surface area contributed by atoms with Crippen LogP contribution in [0.15, 0.2) is 35.3 Å². The van der Waals surface area contributed by atoms with Crippen LogP contribution in [0.2, 0.25) is 0 Å². The van der Waals surface area contributed by atoms with Gasteiger partial charge in [0.25, 0.3) is 0 Å². The molecule has 4 heteroatoms. The number of fused-ring (bicyclic) bond motifs is 1. The zero-order chi connectivity index (χ0) is 16.0. The van der Waals surface area contributed by atoms with Crippen LogP contribution in [0.25, 0.3) is 10.9 Å². The Labute approximate surface area is 132 Å². The average molecular weight is 298 g/mol. The maximum Gasteiger partial charge on any atom is 0.194 e. The van der Waals surface area contributed by atoms with E-state index in [1.54, 1.807) is 0 Å². The summed E-state index contributed by atoms with van der Waals surface area (Å²) in [5.41, 5.74) is 2.79. The van der Waals surface area contributed by atoms with Crippen molar-refractivity contribution in [2.45, 2.75) is 39.8 Å². The molecule has 0 atom stereocenters. The number of benzene rings is 1. The molecule has 118 valence electrons. The van der Waals surface area contributed by atoms with Crippen LogP contribution in [0.4, 0.5) is 0 Å². The zero-order valence-electron chi connectivity index (χ0n) is 14.2. The number of para-hydroxylation sites is 1. The third-order valence-corrected chi connectivity index (χ3v) is 5.37. The predicted octanol–water partition coefficient (Wildman–Crippen LogP) is 3.36. The van der Waals surface area contributed by atoms with Gasteiger partial charge in [-0.1, -0.05) is 32.0 Å². The Bertz CT molecular complexity index is 676. The number of nitrogens with one attached hydrogen (secondary N) is 2. The summed E-state index contributed by atoms with van der Waals surface area (Å²) in [6.07, 6.45) is 0. The average Bonchev–Trinajstić information content (AvgIpc) is 2.89. The fraction of sp³-hybridized carbons (Fsp3) is 0.500. The smallest absolute Gasteiger partial charge is 0.194 e. The van der Waals surface area contributed by atoms with E-state index >= 15 is 0 Å². The summed E-state index contributed by atoms with van der Waals surface area (Å²) in [7, 11) is 1.86. The van der Waals surface area contributed by atoms with E-state index < -0.39 is 0 Å². The SMILES string of the molecule is CN=C(NCc1cc2ccccc2[nH]1)N1CC(C)(C)C1(C)C. The van der Waals surface area contributed by atoms with Crippen LogP contribution in [0.5, 0.6) is 0 Å². The van der Waals surface area contributed by atoms with E-state index in [1.165, 1.54) is 16.6 Å². The number of likely N-dealkylation sites (tertiary alicyclic amines) is 1. The first-order chi connectivity index (χ1) is 10.3. The van der Waals surface area contributed by atoms with Crippen molar-refractivity contribution >= 4 is 16.9 Å². The van der Waals surface area contributed by atoms with Gasteiger partial charge < -0.3 is 15.2 Å². The molecular formula is C18H26N4. The van der Waals surface area contributed by atoms with E-state index in [2.05, 4.69) is 78.2 Å². The maximum atomic E-state index is 4.46. The molecule has 4 nitrogen and oxygen atoms in total. The van der Waals surface area contributed by atoms with Crippen molar-refractivity contribution in [1.29, 1.82) is 0 Å². The van der Waals surface area contributed by atoms with Crippen LogP contribution in [-0.2, 0) is 6.54 Å². The fourth-order valence-electron chi connectivity index (χ4n) is 3.10. The molecule has 1 aromatic heterocycles. The quantitative estimate of drug-likeness (QED) is 0.659. The minimum atomic E-state index is 0.120. The lowest BCUT2D eigenvalue weighted by atomic mass is 9.65. The number of aromatic nitrogens is 1. The highest BCUT2D eigenvalue weighted by atomic mass is 15.4. The molecule has 0 bridgehead atoms. The highest BCUT2D eigenvalue weighted by Crippen LogP contribution is 2.46. The van der Waals surface area contributed by atoms with Gasteiger partial charge in [0.1, 0.15) is 0 Å². The Hall–Kier alpha value is -1.97. The van der Waals surface area contributed by atoms with Crippen molar-refractivity contribution in [3.05, 3.63) is 36.0 Å². The second-order valence-electron chi connectivity index (χ2n) is 7.31. The molecule has 1 aliphatic rings. The summed E-state index contributed by atoms with van der Waals surface area (Å²) in [6.45, 7) is 11.0. The number of hydrogen-bond donors (Lipinski definition) is 2. The largest absolute Gasteiger partial charge is 0.357 e. The van der Waals surface area contributed by atoms with E-state index in [9.17, 15) is 0 Å². The van der Waals surface area contributed by atoms with Crippen LogP contribution in [0, 0.1) is 5.41 Å². The summed E-state index contributed by atoms with van der Waals surface area (Å²) < 4.78 is 0. The Balaban J connectivity index is 1.70. The predicted molar refractivity (Wildman–Crippen MR) is 93.1 cm³/mol. The van der Waals surface area contributed by atoms with Gasteiger partial charge in [-0.3, -0.25) is 4.99 Å². The Morgan fingerprint density at radius 2 is 2.00 bits per heavy atom. The van der Waals surface area contributed by atoms with Gasteiger partial charge >= 0.3 is 0 Å². The summed E-state index contributed by atoms with van der Waals surface area (Å²) in [4.78, 5) is 10.3. The van der Waals surface area contributed by atoms with Crippen LogP contribution in [0.3, 0.4) is 0 Å². The number of guanidine groups is 1. The zero-order valence-corrected chi connectivity index (χ0v) is 14.2. The van der Waals surface area contributed by atoms with Crippen LogP contribution < -0.4 is 5.32 Å². The van der Waals surface area contributed by atoms with Crippen molar-refractivity contribution in [2.24, 2.45) is 10.4 Å². The molecular weight excluding hydrogens is 272 g/mol. The standard InChI is InChI=1S/C18H26N4/c1-17(2)12-22(18(17,3)4)16(19-5)20-11-14-10-13-8-6-7-9-15(13)21-14/h6-10,21H,11-12H2,1-5H3,(H,19,20). The third kappa shape index (κ3) is 2.27. The van der Waals surface area contributed by atoms with E-state index in [0.29, 0.717) is 5.41 Å². The lowest BCUT2D eigenvalue weighted by Gasteiger charge is -2.62. The first-order valence-corrected chi connectivity index (χ1v) is 7.90. The molecule has 1 aliphatic heterocycles. The van der Waals surface area contributed by atoms with Gasteiger partial charge in [-0.2, -0.15) is 0 Å². The normalized spacial score (nSPS) is 20.0. The van der Waals surface area contributed by atoms with E-state index in [0.717, 1.165) is 19.0 Å². The second-order valence-corrected chi connectivity index (χ2v) is 7.31. The second kappa shape index (κ2) is 5.04. The highest BCUT2D eigenvalue weighted by Gasteiger charge is 2.53. The fourth-order valence-corrected chi connectivity index (χ4v) is 3.10. The number of aliphatic imine (C=N–C) groups is 1. The van der Waals surface area contributed by atoms with Gasteiger partial charge in [-0.05, 0) is 31.4 Å². The van der Waals surface area contributed by atoms with Crippen molar-refractivity contribution < 1.29 is 0 Å². The number of hydrogen-bond acceptors (Lipinski definition) is 1. The Morgan fingerprint density at radius 3 is 2.59 bits per heavy atom. The molecule has 1 fully saturated rings. The minimum absolute atomic E-state index is 0.120. The molecule has 1 aromatic carbocycles. The van der Waals surface area contributed by atoms with Gasteiger partial charge in [0, 0.05) is 35.8 Å². The number of rotatable bonds is 2. The first-order valence-electron chi connectivity index (χ1n) is 7.90. The van der Waals surface area contributed by atoms with Crippen molar-refractivity contribution in [3.63, 3.8) is 0 Å². The summed E-state index contributed by atoms with van der Waals surface area (Å²) in [5, 5.41) is 4.74. The van der Waals surface area contributed by atoms with Crippen LogP contribution in [0.1, 0.15) is 33.4 Å². The van der Waals surface area contributed by atoms with Crippen LogP contribution >= 0.6 is 0 Å². The Kier molecular flexibility index (Phi) is 3.42. The van der Waals surface area contributed by atoms with Crippen molar-refractivity contribution in [3.8, 4) is 0 Å². The lowest BCUT2D eigenvalue weighted by Crippen LogP contribution is -2.72. The molecule has 0 radical (unpaired) electrons. The highest BCUT2D eigenvalue weighted by molar-refractivity contribution is 5.83. The van der Waals surface area contributed by atoms with Crippen molar-refractivity contribution in [1.82, 2.24) is 15.2 Å². The molecule has 22 heavy (non-hydrogen) atoms. The molecule has 0 saturated carbocycles. The van der Waals surface area contributed by atoms with Crippen LogP contribution in [-0.4, -0.2) is 35.0 Å². The van der Waals surface area contributed by atoms with E-state index in [-0.39, 0.29) is 5.54 Å². The molecule has 3 rings (SSSR count). The third-order valence-electron chi connectivity index (χ3n) is 5.37. The molecule has 0 spiro atoms. The van der Waals surface area contributed by atoms with E-state index in [4.69, 9.17) is 0 Å². The molecule has 2 aromatic rings. The molecule has 2 N–H and O–H groups in total. The maximum absolute atomic E-state index is 4.46. The summed E-state index contributed by atoms with van der Waals surface area (Å²) in [5.74, 6) is 0.975. The van der Waals surface area contributed by atoms with Crippen molar-refractivity contribution in [2.75, 3.05) is 13.6 Å². The molecule has 2 heterocycles. The number of H-pyrrole nitrogens is 1. The van der Waals surface area contributed by atoms with Gasteiger partial charge in [-0.15, -0.1) is 0 Å². The van der Waals surface area contributed by atoms with E-state index in [1.807, 2.05) is 7.05 Å². The minimum Gasteiger partial charge on any atom is -0.357 e. The topological polar surface area (TPSA) is 43.4 Å².